The van der Waals surface area contributed by atoms with E-state index < -0.39 is 17.1 Å². The van der Waals surface area contributed by atoms with Gasteiger partial charge in [0.05, 0.1) is 12.7 Å². The third-order valence-corrected chi connectivity index (χ3v) is 4.95. The first-order valence-corrected chi connectivity index (χ1v) is 12.4. The first-order chi connectivity index (χ1) is 21.9. The molecule has 0 amide bonds. The number of nitrogen functional groups attached to an aromatic ring is 3. The monoisotopic (exact) mass is 669 g/mol. The number of imidazole rings is 2. The highest BCUT2D eigenvalue weighted by Crippen LogP contribution is 2.09. The fourth-order valence-electron chi connectivity index (χ4n) is 2.89. The van der Waals surface area contributed by atoms with Gasteiger partial charge in [0, 0.05) is 30.2 Å². The van der Waals surface area contributed by atoms with Gasteiger partial charge in [-0.3, -0.25) is 34.3 Å². The van der Waals surface area contributed by atoms with Crippen LogP contribution in [0.3, 0.4) is 0 Å². The molecular weight excluding hydrogens is 641 g/mol. The molecule has 47 heavy (non-hydrogen) atoms. The first kappa shape index (κ1) is 36.2. The van der Waals surface area contributed by atoms with Gasteiger partial charge in [0.25, 0.3) is 16.7 Å². The molecule has 246 valence electrons. The van der Waals surface area contributed by atoms with Gasteiger partial charge < -0.3 is 37.1 Å². The minimum absolute atomic E-state index is 0. The van der Waals surface area contributed by atoms with Gasteiger partial charge in [-0.05, 0) is 13.0 Å². The molecule has 7 aromatic heterocycles. The first-order valence-electron chi connectivity index (χ1n) is 12.4. The number of hydrogen-bond donors (Lipinski definition) is 11. The van der Waals surface area contributed by atoms with E-state index >= 15 is 0 Å². The Kier molecular flexibility index (Phi) is 13.3. The summed E-state index contributed by atoms with van der Waals surface area (Å²) in [4.78, 5) is 104. The normalized spacial score (nSPS) is 9.55. The molecule has 7 rings (SSSR count). The van der Waals surface area contributed by atoms with Crippen LogP contribution in [0.2, 0.25) is 0 Å². The highest BCUT2D eigenvalue weighted by molar-refractivity contribution is 6.92. The SMILES string of the molecule is Cc1c[nH]c(=O)[nH]c1=O.Nc1ccnc(=O)[nH]1.Nc1nc2nc[nH]c2c(=O)[nH]1.Nc1ncnc2nc[nH]c12.O=c1cc[nH]c(=O)[nH]1.P. The van der Waals surface area contributed by atoms with Crippen molar-refractivity contribution in [2.45, 2.75) is 6.92 Å². The second-order valence-corrected chi connectivity index (χ2v) is 8.29. The minimum atomic E-state index is -0.475. The molecule has 7 heterocycles. The van der Waals surface area contributed by atoms with Crippen molar-refractivity contribution in [1.82, 2.24) is 69.8 Å². The molecule has 23 nitrogen and oxygen atoms in total. The van der Waals surface area contributed by atoms with Crippen molar-refractivity contribution in [2.24, 2.45) is 0 Å². The Hall–Kier alpha value is -7.03. The number of aryl methyl sites for hydroxylation is 1. The molecular formula is C23H28N17O6P. The lowest BCUT2D eigenvalue weighted by atomic mass is 10.4. The average Bonchev–Trinajstić information content (AvgIpc) is 3.67. The Bertz CT molecular complexity index is 2360. The third kappa shape index (κ3) is 11.5. The highest BCUT2D eigenvalue weighted by atomic mass is 31.0. The van der Waals surface area contributed by atoms with Crippen molar-refractivity contribution in [2.75, 3.05) is 17.2 Å². The van der Waals surface area contributed by atoms with E-state index in [4.69, 9.17) is 17.2 Å². The molecule has 0 aliphatic heterocycles. The largest absolute Gasteiger partial charge is 0.385 e. The van der Waals surface area contributed by atoms with E-state index in [9.17, 15) is 28.8 Å². The molecule has 0 saturated heterocycles. The maximum atomic E-state index is 11.0. The van der Waals surface area contributed by atoms with E-state index in [0.29, 0.717) is 39.5 Å². The summed E-state index contributed by atoms with van der Waals surface area (Å²) in [6.07, 6.45) is 8.34. The fraction of sp³-hybridized carbons (Fsp3) is 0.0435. The smallest absolute Gasteiger partial charge is 0.346 e. The maximum Gasteiger partial charge on any atom is 0.346 e. The Balaban J connectivity index is 0.000000204. The summed E-state index contributed by atoms with van der Waals surface area (Å²) >= 11 is 0. The number of fused-ring (bicyclic) bond motifs is 2. The van der Waals surface area contributed by atoms with Crippen LogP contribution >= 0.6 is 9.90 Å². The molecule has 0 aliphatic carbocycles. The Labute approximate surface area is 261 Å². The molecule has 0 saturated carbocycles. The van der Waals surface area contributed by atoms with E-state index in [1.807, 2.05) is 4.98 Å². The average molecular weight is 670 g/mol. The fourth-order valence-corrected chi connectivity index (χ4v) is 2.89. The summed E-state index contributed by atoms with van der Waals surface area (Å²) < 4.78 is 0. The molecule has 0 spiro atoms. The summed E-state index contributed by atoms with van der Waals surface area (Å²) in [6, 6.07) is 2.75. The van der Waals surface area contributed by atoms with E-state index in [-0.39, 0.29) is 32.5 Å². The van der Waals surface area contributed by atoms with Crippen molar-refractivity contribution in [3.05, 3.63) is 118 Å². The van der Waals surface area contributed by atoms with Gasteiger partial charge in [0.2, 0.25) is 5.95 Å². The lowest BCUT2D eigenvalue weighted by Crippen LogP contribution is -2.22. The zero-order valence-corrected chi connectivity index (χ0v) is 25.6. The quantitative estimate of drug-likeness (QED) is 0.0717. The topological polar surface area (TPSA) is 384 Å². The molecule has 1 atom stereocenters. The van der Waals surface area contributed by atoms with Crippen LogP contribution in [0.4, 0.5) is 17.6 Å². The molecule has 1 unspecified atom stereocenters. The second kappa shape index (κ2) is 17.3. The van der Waals surface area contributed by atoms with Crippen LogP contribution in [-0.2, 0) is 0 Å². The summed E-state index contributed by atoms with van der Waals surface area (Å²) in [7, 11) is 0. The number of nitrogens with zero attached hydrogens (tertiary/aromatic N) is 6. The lowest BCUT2D eigenvalue weighted by Gasteiger charge is -1.89. The predicted molar refractivity (Wildman–Crippen MR) is 175 cm³/mol. The van der Waals surface area contributed by atoms with Gasteiger partial charge >= 0.3 is 17.1 Å². The molecule has 0 bridgehead atoms. The lowest BCUT2D eigenvalue weighted by molar-refractivity contribution is 1.01. The zero-order chi connectivity index (χ0) is 33.6. The maximum absolute atomic E-state index is 11.0. The molecule has 7 aromatic rings. The number of nitrogens with two attached hydrogens (primary N) is 3. The third-order valence-electron chi connectivity index (χ3n) is 4.95. The molecule has 14 N–H and O–H groups in total. The summed E-state index contributed by atoms with van der Waals surface area (Å²) in [5.74, 6) is 0.849. The number of hydrogen-bond acceptors (Lipinski definition) is 15. The predicted octanol–water partition coefficient (Wildman–Crippen LogP) is -2.99. The van der Waals surface area contributed by atoms with Crippen molar-refractivity contribution in [1.29, 1.82) is 0 Å². The van der Waals surface area contributed by atoms with Crippen molar-refractivity contribution in [3.63, 3.8) is 0 Å². The van der Waals surface area contributed by atoms with Gasteiger partial charge in [-0.15, -0.1) is 0 Å². The molecule has 0 aliphatic rings. The molecule has 24 heteroatoms. The second-order valence-electron chi connectivity index (χ2n) is 8.29. The Morgan fingerprint density at radius 3 is 1.89 bits per heavy atom. The van der Waals surface area contributed by atoms with E-state index in [1.165, 1.54) is 49.7 Å². The zero-order valence-electron chi connectivity index (χ0n) is 24.2. The Morgan fingerprint density at radius 1 is 0.660 bits per heavy atom. The summed E-state index contributed by atoms with van der Waals surface area (Å²) in [5, 5.41) is 0. The molecule has 0 aromatic carbocycles. The standard InChI is InChI=1S/C5H5N5O.C5H5N5.C5H6N2O2.C4H5N3O.C4H4N2O2.H3P/c6-5-9-3-2(4(11)10-5)7-1-8-3;6-4-3-5(9-1-7-3)10-2-8-4;1-3-2-6-5(9)7-4(3)8;5-3-1-2-6-4(8)7-3;7-3-1-2-5-4(8)6-3;/h1H,(H4,6,7,8,9,10,11);1-2H,(H3,6,7,8,9,10);2H,1H3,(H2,6,7,8,9);1-2H,(H3,5,6,7,8);1-2H,(H2,5,6,7,8);1H3. The number of nitrogens with one attached hydrogen (secondary N) is 8. The van der Waals surface area contributed by atoms with Crippen LogP contribution in [-0.4, -0.2) is 69.8 Å². The molecule has 0 fully saturated rings. The number of H-pyrrole nitrogens is 8. The van der Waals surface area contributed by atoms with Gasteiger partial charge in [0.1, 0.15) is 17.7 Å². The number of anilines is 3. The van der Waals surface area contributed by atoms with E-state index in [1.54, 1.807) is 6.92 Å². The van der Waals surface area contributed by atoms with Gasteiger partial charge in [-0.2, -0.15) is 14.9 Å². The minimum Gasteiger partial charge on any atom is -0.385 e. The van der Waals surface area contributed by atoms with Crippen LogP contribution in [0.25, 0.3) is 22.3 Å². The van der Waals surface area contributed by atoms with E-state index in [0.717, 1.165) is 0 Å². The van der Waals surface area contributed by atoms with Crippen molar-refractivity contribution < 1.29 is 0 Å². The van der Waals surface area contributed by atoms with Crippen molar-refractivity contribution >= 4 is 49.8 Å². The number of aromatic amines is 8. The summed E-state index contributed by atoms with van der Waals surface area (Å²) in [6.45, 7) is 1.62. The number of aromatic nitrogens is 14. The van der Waals surface area contributed by atoms with Gasteiger partial charge in [-0.25, -0.2) is 39.3 Å². The van der Waals surface area contributed by atoms with Crippen LogP contribution in [0, 0.1) is 6.92 Å². The van der Waals surface area contributed by atoms with Crippen LogP contribution in [0.15, 0.2) is 78.5 Å². The van der Waals surface area contributed by atoms with Gasteiger partial charge in [0.15, 0.2) is 22.6 Å². The Morgan fingerprint density at radius 2 is 1.34 bits per heavy atom. The van der Waals surface area contributed by atoms with Crippen molar-refractivity contribution in [3.8, 4) is 0 Å². The van der Waals surface area contributed by atoms with Gasteiger partial charge in [-0.1, -0.05) is 0 Å². The summed E-state index contributed by atoms with van der Waals surface area (Å²) in [5.41, 5.74) is 16.0. The highest BCUT2D eigenvalue weighted by Gasteiger charge is 2.02. The van der Waals surface area contributed by atoms with E-state index in [2.05, 4.69) is 64.8 Å². The van der Waals surface area contributed by atoms with Crippen LogP contribution in [0.5, 0.6) is 0 Å². The number of rotatable bonds is 0. The molecule has 0 radical (unpaired) electrons. The van der Waals surface area contributed by atoms with Crippen LogP contribution in [0.1, 0.15) is 5.56 Å². The van der Waals surface area contributed by atoms with Crippen LogP contribution < -0.4 is 50.9 Å².